The Hall–Kier alpha value is -3.56. The number of nitrogens with one attached hydrogen (secondary N) is 1. The molecule has 0 bridgehead atoms. The first kappa shape index (κ1) is 25.5. The summed E-state index contributed by atoms with van der Waals surface area (Å²) in [5.74, 6) is -0.629. The molecule has 3 aromatic carbocycles. The van der Waals surface area contributed by atoms with Gasteiger partial charge in [-0.2, -0.15) is 13.2 Å². The molecule has 0 spiro atoms. The van der Waals surface area contributed by atoms with Crippen molar-refractivity contribution in [3.63, 3.8) is 0 Å². The third kappa shape index (κ3) is 5.17. The molecule has 186 valence electrons. The maximum atomic E-state index is 13.4. The second-order valence-corrected chi connectivity index (χ2v) is 8.92. The summed E-state index contributed by atoms with van der Waals surface area (Å²) >= 11 is 12.0. The molecule has 36 heavy (non-hydrogen) atoms. The number of carbonyl (C=O) groups is 1. The van der Waals surface area contributed by atoms with Gasteiger partial charge in [-0.15, -0.1) is 0 Å². The lowest BCUT2D eigenvalue weighted by molar-refractivity contribution is -0.137. The van der Waals surface area contributed by atoms with E-state index in [2.05, 4.69) is 5.32 Å². The van der Waals surface area contributed by atoms with Gasteiger partial charge in [0, 0.05) is 6.54 Å². The van der Waals surface area contributed by atoms with Gasteiger partial charge in [0.15, 0.2) is 0 Å². The predicted octanol–water partition coefficient (Wildman–Crippen LogP) is 5.10. The minimum Gasteiger partial charge on any atom is -0.350 e. The summed E-state index contributed by atoms with van der Waals surface area (Å²) in [6, 6.07) is 13.7. The fourth-order valence-electron chi connectivity index (χ4n) is 3.75. The third-order valence-corrected chi connectivity index (χ3v) is 6.24. The maximum absolute atomic E-state index is 13.4. The van der Waals surface area contributed by atoms with Crippen molar-refractivity contribution in [1.29, 1.82) is 0 Å². The molecule has 1 amide bonds. The lowest BCUT2D eigenvalue weighted by Gasteiger charge is -2.15. The Bertz CT molecular complexity index is 1610. The van der Waals surface area contributed by atoms with Gasteiger partial charge < -0.3 is 5.32 Å². The molecule has 1 heterocycles. The van der Waals surface area contributed by atoms with E-state index >= 15 is 0 Å². The van der Waals surface area contributed by atoms with E-state index in [-0.39, 0.29) is 38.7 Å². The van der Waals surface area contributed by atoms with Crippen molar-refractivity contribution >= 4 is 40.0 Å². The number of rotatable bonds is 5. The number of hydrogen-bond acceptors (Lipinski definition) is 3. The second-order valence-electron chi connectivity index (χ2n) is 8.10. The highest BCUT2D eigenvalue weighted by atomic mass is 35.5. The molecule has 0 radical (unpaired) electrons. The maximum Gasteiger partial charge on any atom is 0.416 e. The van der Waals surface area contributed by atoms with Crippen LogP contribution in [0.15, 0.2) is 70.3 Å². The Kier molecular flexibility index (Phi) is 6.97. The smallest absolute Gasteiger partial charge is 0.350 e. The molecule has 0 fully saturated rings. The number of aromatic nitrogens is 2. The summed E-state index contributed by atoms with van der Waals surface area (Å²) in [6.07, 6.45) is -4.51. The van der Waals surface area contributed by atoms with Gasteiger partial charge in [-0.25, -0.2) is 9.36 Å². The Morgan fingerprint density at radius 2 is 1.72 bits per heavy atom. The number of alkyl halides is 3. The van der Waals surface area contributed by atoms with Gasteiger partial charge in [0.1, 0.15) is 6.54 Å². The van der Waals surface area contributed by atoms with Crippen LogP contribution in [0.25, 0.3) is 16.6 Å². The van der Waals surface area contributed by atoms with Gasteiger partial charge >= 0.3 is 11.9 Å². The molecule has 0 unspecified atom stereocenters. The van der Waals surface area contributed by atoms with Crippen molar-refractivity contribution in [3.8, 4) is 5.69 Å². The van der Waals surface area contributed by atoms with Crippen LogP contribution in [0.1, 0.15) is 16.7 Å². The minimum absolute atomic E-state index is 0.134. The zero-order chi connectivity index (χ0) is 26.2. The van der Waals surface area contributed by atoms with Crippen molar-refractivity contribution in [1.82, 2.24) is 14.5 Å². The van der Waals surface area contributed by atoms with E-state index in [1.165, 1.54) is 30.3 Å². The van der Waals surface area contributed by atoms with Crippen LogP contribution in [-0.2, 0) is 24.1 Å². The Morgan fingerprint density at radius 3 is 2.42 bits per heavy atom. The fourth-order valence-corrected chi connectivity index (χ4v) is 4.04. The van der Waals surface area contributed by atoms with Crippen LogP contribution in [0, 0.1) is 6.92 Å². The number of halogens is 5. The summed E-state index contributed by atoms with van der Waals surface area (Å²) in [7, 11) is 0. The first-order valence-corrected chi connectivity index (χ1v) is 11.4. The van der Waals surface area contributed by atoms with E-state index in [1.54, 1.807) is 25.1 Å². The van der Waals surface area contributed by atoms with E-state index in [9.17, 15) is 27.6 Å². The molecule has 4 rings (SSSR count). The first-order chi connectivity index (χ1) is 17.0. The SMILES string of the molecule is Cc1ccc2c(c1)c(=O)n(-c1ccc(Cl)c(Cl)c1)c(=O)n2CC(=O)NCc1cccc(C(F)(F)F)c1. The molecular formula is C25H18Cl2F3N3O3. The zero-order valence-electron chi connectivity index (χ0n) is 18.7. The van der Waals surface area contributed by atoms with Crippen LogP contribution in [0.2, 0.25) is 10.0 Å². The van der Waals surface area contributed by atoms with E-state index in [1.807, 2.05) is 0 Å². The topological polar surface area (TPSA) is 73.1 Å². The summed E-state index contributed by atoms with van der Waals surface area (Å²) in [5.41, 5.74) is -0.810. The highest BCUT2D eigenvalue weighted by Gasteiger charge is 2.30. The molecular weight excluding hydrogens is 518 g/mol. The Morgan fingerprint density at radius 1 is 0.972 bits per heavy atom. The average Bonchev–Trinajstić information content (AvgIpc) is 2.82. The van der Waals surface area contributed by atoms with Gasteiger partial charge in [-0.05, 0) is 55.0 Å². The van der Waals surface area contributed by atoms with E-state index in [0.29, 0.717) is 0 Å². The monoisotopic (exact) mass is 535 g/mol. The van der Waals surface area contributed by atoms with Crippen molar-refractivity contribution < 1.29 is 18.0 Å². The van der Waals surface area contributed by atoms with Crippen LogP contribution in [-0.4, -0.2) is 15.0 Å². The normalized spacial score (nSPS) is 11.6. The molecule has 0 saturated heterocycles. The molecule has 0 aliphatic rings. The quantitative estimate of drug-likeness (QED) is 0.386. The van der Waals surface area contributed by atoms with Gasteiger partial charge in [-0.1, -0.05) is 47.0 Å². The number of amides is 1. The van der Waals surface area contributed by atoms with Crippen LogP contribution < -0.4 is 16.6 Å². The van der Waals surface area contributed by atoms with Gasteiger partial charge in [0.25, 0.3) is 5.56 Å². The molecule has 11 heteroatoms. The number of fused-ring (bicyclic) bond motifs is 1. The number of nitrogens with zero attached hydrogens (tertiary/aromatic N) is 2. The number of carbonyl (C=O) groups excluding carboxylic acids is 1. The Labute approximate surface area is 212 Å². The number of aryl methyl sites for hydroxylation is 1. The van der Waals surface area contributed by atoms with Crippen molar-refractivity contribution in [2.24, 2.45) is 0 Å². The molecule has 4 aromatic rings. The van der Waals surface area contributed by atoms with Crippen LogP contribution in [0.5, 0.6) is 0 Å². The lowest BCUT2D eigenvalue weighted by Crippen LogP contribution is -2.41. The lowest BCUT2D eigenvalue weighted by atomic mass is 10.1. The summed E-state index contributed by atoms with van der Waals surface area (Å²) in [5, 5.41) is 3.10. The zero-order valence-corrected chi connectivity index (χ0v) is 20.2. The minimum atomic E-state index is -4.51. The number of benzene rings is 3. The van der Waals surface area contributed by atoms with Crippen LogP contribution in [0.3, 0.4) is 0 Å². The van der Waals surface area contributed by atoms with E-state index < -0.39 is 35.4 Å². The largest absolute Gasteiger partial charge is 0.416 e. The Balaban J connectivity index is 1.72. The van der Waals surface area contributed by atoms with Crippen molar-refractivity contribution in [3.05, 3.63) is 108 Å². The molecule has 0 aliphatic carbocycles. The average molecular weight is 536 g/mol. The fraction of sp³-hybridized carbons (Fsp3) is 0.160. The van der Waals surface area contributed by atoms with Crippen LogP contribution in [0.4, 0.5) is 13.2 Å². The van der Waals surface area contributed by atoms with Gasteiger partial charge in [0.05, 0.1) is 32.2 Å². The molecule has 6 nitrogen and oxygen atoms in total. The van der Waals surface area contributed by atoms with E-state index in [4.69, 9.17) is 23.2 Å². The summed E-state index contributed by atoms with van der Waals surface area (Å²) in [4.78, 5) is 39.4. The standard InChI is InChI=1S/C25H18Cl2F3N3O3/c1-14-5-8-21-18(9-14)23(35)33(17-6-7-19(26)20(27)11-17)24(36)32(21)13-22(34)31-12-15-3-2-4-16(10-15)25(28,29)30/h2-11H,12-13H2,1H3,(H,31,34). The second kappa shape index (κ2) is 9.83. The van der Waals surface area contributed by atoms with Crippen LogP contribution >= 0.6 is 23.2 Å². The summed E-state index contributed by atoms with van der Waals surface area (Å²) < 4.78 is 40.9. The molecule has 1 aromatic heterocycles. The molecule has 0 aliphatic heterocycles. The summed E-state index contributed by atoms with van der Waals surface area (Å²) in [6.45, 7) is 1.12. The highest BCUT2D eigenvalue weighted by molar-refractivity contribution is 6.42. The third-order valence-electron chi connectivity index (χ3n) is 5.51. The molecule has 0 saturated carbocycles. The molecule has 0 atom stereocenters. The molecule has 1 N–H and O–H groups in total. The highest BCUT2D eigenvalue weighted by Crippen LogP contribution is 2.29. The van der Waals surface area contributed by atoms with Crippen molar-refractivity contribution in [2.45, 2.75) is 26.2 Å². The van der Waals surface area contributed by atoms with Crippen molar-refractivity contribution in [2.75, 3.05) is 0 Å². The first-order valence-electron chi connectivity index (χ1n) is 10.6. The van der Waals surface area contributed by atoms with Gasteiger partial charge in [-0.3, -0.25) is 14.2 Å². The van der Waals surface area contributed by atoms with Gasteiger partial charge in [0.2, 0.25) is 5.91 Å². The predicted molar refractivity (Wildman–Crippen MR) is 132 cm³/mol. The number of hydrogen-bond donors (Lipinski definition) is 1. The van der Waals surface area contributed by atoms with E-state index in [0.717, 1.165) is 26.8 Å².